The molecule has 0 radical (unpaired) electrons. The molecule has 0 aliphatic heterocycles. The van der Waals surface area contributed by atoms with Gasteiger partial charge in [-0.05, 0) is 56.1 Å². The molecule has 35 heavy (non-hydrogen) atoms. The van der Waals surface area contributed by atoms with Gasteiger partial charge < -0.3 is 24.7 Å². The maximum atomic E-state index is 13.5. The summed E-state index contributed by atoms with van der Waals surface area (Å²) in [5.74, 6) is 0. The van der Waals surface area contributed by atoms with E-state index in [2.05, 4.69) is 76.6 Å². The number of nitrogens with zero attached hydrogens (tertiary/aromatic N) is 3. The first-order valence-corrected chi connectivity index (χ1v) is 14.3. The highest BCUT2D eigenvalue weighted by atomic mass is 31.2. The lowest BCUT2D eigenvalue weighted by Gasteiger charge is -2.21. The van der Waals surface area contributed by atoms with Gasteiger partial charge in [-0.25, -0.2) is 4.98 Å². The zero-order valence-corrected chi connectivity index (χ0v) is 22.3. The number of nitrogens with one attached hydrogen (secondary N) is 2. The minimum Gasteiger partial charge on any atom is -0.373 e. The van der Waals surface area contributed by atoms with Gasteiger partial charge in [0.25, 0.3) is 0 Å². The zero-order chi connectivity index (χ0) is 25.0. The summed E-state index contributed by atoms with van der Waals surface area (Å²) in [6, 6.07) is 20.7. The van der Waals surface area contributed by atoms with Gasteiger partial charge in [0.05, 0.1) is 5.69 Å². The molecular weight excluding hydrogens is 453 g/mol. The lowest BCUT2D eigenvalue weighted by molar-refractivity contribution is 0.416. The van der Waals surface area contributed by atoms with E-state index in [0.717, 1.165) is 52.1 Å². The van der Waals surface area contributed by atoms with E-state index < -0.39 is 7.14 Å². The molecule has 0 bridgehead atoms. The number of hydrogen-bond donors (Lipinski definition) is 2. The fraction of sp³-hybridized carbons (Fsp3) is 0.321. The summed E-state index contributed by atoms with van der Waals surface area (Å²) in [6.07, 6.45) is 3.11. The van der Waals surface area contributed by atoms with Crippen LogP contribution in [0.2, 0.25) is 0 Å². The molecule has 0 saturated heterocycles. The van der Waals surface area contributed by atoms with E-state index in [9.17, 15) is 4.57 Å². The van der Waals surface area contributed by atoms with Crippen molar-refractivity contribution in [3.05, 3.63) is 66.9 Å². The van der Waals surface area contributed by atoms with Gasteiger partial charge in [0.2, 0.25) is 0 Å². The van der Waals surface area contributed by atoms with Crippen molar-refractivity contribution in [1.82, 2.24) is 14.9 Å². The predicted molar refractivity (Wildman–Crippen MR) is 151 cm³/mol. The molecule has 0 fully saturated rings. The highest BCUT2D eigenvalue weighted by molar-refractivity contribution is 7.71. The Hall–Kier alpha value is -3.08. The van der Waals surface area contributed by atoms with Crippen LogP contribution in [0.15, 0.2) is 66.9 Å². The second kappa shape index (κ2) is 10.7. The van der Waals surface area contributed by atoms with Gasteiger partial charge in [0.15, 0.2) is 0 Å². The van der Waals surface area contributed by atoms with E-state index >= 15 is 0 Å². The number of anilines is 3. The Morgan fingerprint density at radius 2 is 1.63 bits per heavy atom. The maximum absolute atomic E-state index is 13.5. The fourth-order valence-electron chi connectivity index (χ4n) is 4.31. The van der Waals surface area contributed by atoms with Crippen LogP contribution in [0.4, 0.5) is 17.1 Å². The van der Waals surface area contributed by atoms with E-state index in [4.69, 9.17) is 0 Å². The van der Waals surface area contributed by atoms with E-state index in [0.29, 0.717) is 12.3 Å². The smallest absolute Gasteiger partial charge is 0.139 e. The summed E-state index contributed by atoms with van der Waals surface area (Å²) < 4.78 is 13.5. The number of fused-ring (bicyclic) bond motifs is 1. The third kappa shape index (κ3) is 5.44. The first-order chi connectivity index (χ1) is 16.8. The fourth-order valence-corrected chi connectivity index (χ4v) is 6.37. The van der Waals surface area contributed by atoms with E-state index in [1.54, 1.807) is 6.20 Å². The van der Waals surface area contributed by atoms with Crippen LogP contribution in [0.1, 0.15) is 13.8 Å². The number of aromatic nitrogens is 2. The van der Waals surface area contributed by atoms with Gasteiger partial charge in [-0.3, -0.25) is 0 Å². The molecular formula is C28H36N5OP. The van der Waals surface area contributed by atoms with Gasteiger partial charge in [-0.1, -0.05) is 38.1 Å². The van der Waals surface area contributed by atoms with Gasteiger partial charge in [-0.2, -0.15) is 0 Å². The van der Waals surface area contributed by atoms with Crippen molar-refractivity contribution >= 4 is 40.5 Å². The molecule has 184 valence electrons. The van der Waals surface area contributed by atoms with Crippen molar-refractivity contribution in [2.24, 2.45) is 0 Å². The summed E-state index contributed by atoms with van der Waals surface area (Å²) in [4.78, 5) is 12.5. The molecule has 0 spiro atoms. The lowest BCUT2D eigenvalue weighted by atomic mass is 10.1. The number of benzene rings is 2. The number of hydrogen-bond acceptors (Lipinski definition) is 5. The molecule has 6 nitrogen and oxygen atoms in total. The Balaban J connectivity index is 1.63. The van der Waals surface area contributed by atoms with Crippen molar-refractivity contribution in [3.8, 4) is 11.3 Å². The number of para-hydroxylation sites is 1. The first-order valence-electron chi connectivity index (χ1n) is 12.2. The number of likely N-dealkylation sites (N-methyl/N-ethyl adjacent to an activating group) is 2. The summed E-state index contributed by atoms with van der Waals surface area (Å²) in [5, 5.41) is 5.48. The lowest BCUT2D eigenvalue weighted by Crippen LogP contribution is -2.28. The Morgan fingerprint density at radius 3 is 2.31 bits per heavy atom. The molecule has 4 rings (SSSR count). The van der Waals surface area contributed by atoms with Crippen LogP contribution in [-0.4, -0.2) is 61.4 Å². The van der Waals surface area contributed by atoms with Crippen molar-refractivity contribution in [1.29, 1.82) is 0 Å². The molecule has 0 atom stereocenters. The summed E-state index contributed by atoms with van der Waals surface area (Å²) in [5.41, 5.74) is 6.00. The van der Waals surface area contributed by atoms with Crippen LogP contribution in [0.5, 0.6) is 0 Å². The highest BCUT2D eigenvalue weighted by Crippen LogP contribution is 2.46. The molecule has 2 N–H and O–H groups in total. The molecule has 0 unspecified atom stereocenters. The molecule has 0 aliphatic carbocycles. The van der Waals surface area contributed by atoms with Crippen LogP contribution < -0.4 is 15.5 Å². The number of H-pyrrole nitrogens is 1. The molecule has 2 heterocycles. The van der Waals surface area contributed by atoms with Crippen molar-refractivity contribution in [2.45, 2.75) is 13.8 Å². The van der Waals surface area contributed by atoms with Gasteiger partial charge in [0, 0.05) is 66.4 Å². The first kappa shape index (κ1) is 25.0. The number of rotatable bonds is 10. The maximum Gasteiger partial charge on any atom is 0.139 e. The Kier molecular flexibility index (Phi) is 7.63. The standard InChI is InChI=1S/C28H36N5OP/c1-6-35(34,7-2)27-11-9-8-10-25(27)30-24-16-17-29-28-23(24)20-26(31-28)21-12-14-22(15-13-21)33(5)19-18-32(3)4/h8-17,20H,6-7,18-19H2,1-5H3,(H2,29,30,31). The van der Waals surface area contributed by atoms with Crippen molar-refractivity contribution < 1.29 is 4.57 Å². The van der Waals surface area contributed by atoms with E-state index in [1.165, 1.54) is 5.69 Å². The molecule has 4 aromatic rings. The van der Waals surface area contributed by atoms with Gasteiger partial charge >= 0.3 is 0 Å². The predicted octanol–water partition coefficient (Wildman–Crippen LogP) is 6.00. The molecule has 7 heteroatoms. The average Bonchev–Trinajstić information content (AvgIpc) is 3.33. The largest absolute Gasteiger partial charge is 0.373 e. The second-order valence-electron chi connectivity index (χ2n) is 9.24. The van der Waals surface area contributed by atoms with Crippen LogP contribution in [0, 0.1) is 0 Å². The summed E-state index contributed by atoms with van der Waals surface area (Å²) in [6.45, 7) is 6.00. The Morgan fingerprint density at radius 1 is 0.914 bits per heavy atom. The minimum atomic E-state index is -2.43. The third-order valence-corrected chi connectivity index (χ3v) is 9.98. The molecule has 0 saturated carbocycles. The Labute approximate surface area is 208 Å². The topological polar surface area (TPSA) is 64.3 Å². The zero-order valence-electron chi connectivity index (χ0n) is 21.4. The minimum absolute atomic E-state index is 0.655. The molecule has 2 aromatic carbocycles. The highest BCUT2D eigenvalue weighted by Gasteiger charge is 2.23. The van der Waals surface area contributed by atoms with E-state index in [1.807, 2.05) is 44.2 Å². The second-order valence-corrected chi connectivity index (χ2v) is 12.8. The van der Waals surface area contributed by atoms with Crippen LogP contribution >= 0.6 is 7.14 Å². The average molecular weight is 490 g/mol. The number of aromatic amines is 1. The SMILES string of the molecule is CCP(=O)(CC)c1ccccc1Nc1ccnc2[nH]c(-c3ccc(N(C)CCN(C)C)cc3)cc12. The van der Waals surface area contributed by atoms with Gasteiger partial charge in [-0.15, -0.1) is 0 Å². The van der Waals surface area contributed by atoms with E-state index in [-0.39, 0.29) is 0 Å². The number of pyridine rings is 1. The van der Waals surface area contributed by atoms with Gasteiger partial charge in [0.1, 0.15) is 12.8 Å². The molecule has 2 aromatic heterocycles. The van der Waals surface area contributed by atoms with Crippen LogP contribution in [0.25, 0.3) is 22.3 Å². The normalized spacial score (nSPS) is 11.8. The Bertz CT molecular complexity index is 1320. The quantitative estimate of drug-likeness (QED) is 0.268. The van der Waals surface area contributed by atoms with Crippen LogP contribution in [-0.2, 0) is 4.57 Å². The van der Waals surface area contributed by atoms with Crippen LogP contribution in [0.3, 0.4) is 0 Å². The monoisotopic (exact) mass is 489 g/mol. The summed E-state index contributed by atoms with van der Waals surface area (Å²) in [7, 11) is 3.88. The van der Waals surface area contributed by atoms with Crippen molar-refractivity contribution in [2.75, 3.05) is 56.8 Å². The van der Waals surface area contributed by atoms with Crippen molar-refractivity contribution in [3.63, 3.8) is 0 Å². The molecule has 0 amide bonds. The summed E-state index contributed by atoms with van der Waals surface area (Å²) >= 11 is 0. The third-order valence-electron chi connectivity index (χ3n) is 6.67. The molecule has 0 aliphatic rings.